The van der Waals surface area contributed by atoms with E-state index in [9.17, 15) is 13.2 Å². The van der Waals surface area contributed by atoms with Crippen molar-refractivity contribution >= 4 is 33.5 Å². The van der Waals surface area contributed by atoms with Gasteiger partial charge < -0.3 is 5.11 Å². The molecule has 1 aromatic carbocycles. The average Bonchev–Trinajstić information content (AvgIpc) is 2.16. The number of aromatic carboxylic acids is 1. The van der Waals surface area contributed by atoms with Crippen LogP contribution in [0.3, 0.4) is 0 Å². The molecule has 16 heavy (non-hydrogen) atoms. The van der Waals surface area contributed by atoms with Crippen molar-refractivity contribution in [3.8, 4) is 0 Å². The second-order valence-electron chi connectivity index (χ2n) is 2.78. The first-order chi connectivity index (χ1) is 7.37. The predicted molar refractivity (Wildman–Crippen MR) is 60.0 cm³/mol. The summed E-state index contributed by atoms with van der Waals surface area (Å²) in [5.41, 5.74) is -0.377. The minimum absolute atomic E-state index is 0.0381. The highest BCUT2D eigenvalue weighted by atomic mass is 35.5. The number of hydrogen-bond donors (Lipinski definition) is 3. The van der Waals surface area contributed by atoms with Crippen LogP contribution in [0.15, 0.2) is 18.2 Å². The lowest BCUT2D eigenvalue weighted by Gasteiger charge is -2.10. The quantitative estimate of drug-likeness (QED) is 0.753. The Kier molecular flexibility index (Phi) is 3.74. The maximum Gasteiger partial charge on any atom is 0.339 e. The van der Waals surface area contributed by atoms with Gasteiger partial charge in [0.05, 0.1) is 10.7 Å². The van der Waals surface area contributed by atoms with Crippen LogP contribution in [-0.4, -0.2) is 26.5 Å². The van der Waals surface area contributed by atoms with Crippen molar-refractivity contribution < 1.29 is 18.3 Å². The van der Waals surface area contributed by atoms with Crippen LogP contribution in [0.2, 0.25) is 5.02 Å². The molecule has 0 unspecified atom stereocenters. The van der Waals surface area contributed by atoms with Crippen molar-refractivity contribution in [3.63, 3.8) is 0 Å². The molecule has 0 saturated carbocycles. The van der Waals surface area contributed by atoms with Gasteiger partial charge in [0.25, 0.3) is 10.2 Å². The summed E-state index contributed by atoms with van der Waals surface area (Å²) in [7, 11) is -2.57. The second kappa shape index (κ2) is 4.69. The maximum absolute atomic E-state index is 11.2. The van der Waals surface area contributed by atoms with Crippen molar-refractivity contribution in [2.45, 2.75) is 0 Å². The van der Waals surface area contributed by atoms with Gasteiger partial charge in [0.1, 0.15) is 5.56 Å². The fourth-order valence-electron chi connectivity index (χ4n) is 1.02. The Bertz CT molecular complexity index is 515. The fraction of sp³-hybridized carbons (Fsp3) is 0.125. The molecule has 0 heterocycles. The first-order valence-corrected chi connectivity index (χ1v) is 5.96. The summed E-state index contributed by atoms with van der Waals surface area (Å²) >= 11 is 5.66. The van der Waals surface area contributed by atoms with Gasteiger partial charge in [0.15, 0.2) is 0 Å². The third-order valence-electron chi connectivity index (χ3n) is 1.74. The average molecular weight is 265 g/mol. The molecule has 0 aliphatic carbocycles. The van der Waals surface area contributed by atoms with Crippen molar-refractivity contribution in [2.24, 2.45) is 0 Å². The number of halogens is 1. The maximum atomic E-state index is 11.2. The zero-order valence-corrected chi connectivity index (χ0v) is 9.76. The molecule has 0 aromatic heterocycles. The molecule has 0 fully saturated rings. The minimum Gasteiger partial charge on any atom is -0.478 e. The Hall–Kier alpha value is -1.31. The third-order valence-corrected chi connectivity index (χ3v) is 3.08. The largest absolute Gasteiger partial charge is 0.478 e. The van der Waals surface area contributed by atoms with Gasteiger partial charge >= 0.3 is 5.97 Å². The highest BCUT2D eigenvalue weighted by Gasteiger charge is 2.17. The van der Waals surface area contributed by atoms with E-state index in [-0.39, 0.29) is 16.3 Å². The Morgan fingerprint density at radius 2 is 2.06 bits per heavy atom. The van der Waals surface area contributed by atoms with Gasteiger partial charge in [0.2, 0.25) is 0 Å². The summed E-state index contributed by atoms with van der Waals surface area (Å²) in [6.07, 6.45) is 0. The van der Waals surface area contributed by atoms with Gasteiger partial charge in [-0.1, -0.05) is 17.7 Å². The normalized spacial score (nSPS) is 11.1. The molecule has 0 aliphatic rings. The number of nitrogens with one attached hydrogen (secondary N) is 2. The van der Waals surface area contributed by atoms with E-state index in [4.69, 9.17) is 16.7 Å². The van der Waals surface area contributed by atoms with Gasteiger partial charge in [-0.05, 0) is 12.1 Å². The van der Waals surface area contributed by atoms with Gasteiger partial charge in [-0.15, -0.1) is 0 Å². The van der Waals surface area contributed by atoms with E-state index in [2.05, 4.69) is 4.72 Å². The van der Waals surface area contributed by atoms with Crippen molar-refractivity contribution in [2.75, 3.05) is 11.8 Å². The predicted octanol–water partition coefficient (Wildman–Crippen LogP) is 0.914. The SMILES string of the molecule is CNS(=O)(=O)Nc1cccc(Cl)c1C(=O)O. The summed E-state index contributed by atoms with van der Waals surface area (Å²) < 4.78 is 26.4. The highest BCUT2D eigenvalue weighted by molar-refractivity contribution is 7.90. The van der Waals surface area contributed by atoms with Crippen LogP contribution in [-0.2, 0) is 10.2 Å². The molecular weight excluding hydrogens is 256 g/mol. The molecule has 0 saturated heterocycles. The molecule has 0 spiro atoms. The molecule has 6 nitrogen and oxygen atoms in total. The van der Waals surface area contributed by atoms with E-state index in [0.717, 1.165) is 0 Å². The van der Waals surface area contributed by atoms with E-state index in [1.54, 1.807) is 0 Å². The van der Waals surface area contributed by atoms with Crippen LogP contribution in [0, 0.1) is 0 Å². The number of hydrogen-bond acceptors (Lipinski definition) is 3. The topological polar surface area (TPSA) is 95.5 Å². The highest BCUT2D eigenvalue weighted by Crippen LogP contribution is 2.24. The summed E-state index contributed by atoms with van der Waals surface area (Å²) in [5, 5.41) is 8.84. The van der Waals surface area contributed by atoms with Crippen LogP contribution in [0.1, 0.15) is 10.4 Å². The standard InChI is InChI=1S/C8H9ClN2O4S/c1-10-16(14,15)11-6-4-2-3-5(9)7(6)8(12)13/h2-4,10-11H,1H3,(H,12,13). The van der Waals surface area contributed by atoms with Gasteiger partial charge in [-0.25, -0.2) is 9.52 Å². The Morgan fingerprint density at radius 3 is 2.56 bits per heavy atom. The van der Waals surface area contributed by atoms with Crippen molar-refractivity contribution in [3.05, 3.63) is 28.8 Å². The lowest BCUT2D eigenvalue weighted by molar-refractivity contribution is 0.0698. The van der Waals surface area contributed by atoms with Gasteiger partial charge in [-0.3, -0.25) is 4.72 Å². The smallest absolute Gasteiger partial charge is 0.339 e. The molecule has 0 aliphatic heterocycles. The molecule has 3 N–H and O–H groups in total. The number of carbonyl (C=O) groups is 1. The molecule has 0 bridgehead atoms. The summed E-state index contributed by atoms with van der Waals surface area (Å²) in [4.78, 5) is 10.9. The van der Waals surface area contributed by atoms with Crippen molar-refractivity contribution in [1.29, 1.82) is 0 Å². The number of benzene rings is 1. The van der Waals surface area contributed by atoms with Crippen LogP contribution in [0.4, 0.5) is 5.69 Å². The first kappa shape index (κ1) is 12.8. The molecule has 88 valence electrons. The summed E-state index contributed by atoms with van der Waals surface area (Å²) in [6.45, 7) is 0. The number of rotatable bonds is 4. The molecule has 0 radical (unpaired) electrons. The molecular formula is C8H9ClN2O4S. The Balaban J connectivity index is 3.25. The van der Waals surface area contributed by atoms with Gasteiger partial charge in [0, 0.05) is 7.05 Å². The molecule has 0 amide bonds. The zero-order chi connectivity index (χ0) is 12.3. The first-order valence-electron chi connectivity index (χ1n) is 4.10. The molecule has 0 atom stereocenters. The third kappa shape index (κ3) is 2.84. The van der Waals surface area contributed by atoms with E-state index in [1.807, 2.05) is 4.72 Å². The fourth-order valence-corrected chi connectivity index (χ4v) is 1.84. The number of anilines is 1. The minimum atomic E-state index is -3.77. The molecule has 8 heteroatoms. The molecule has 1 rings (SSSR count). The van der Waals surface area contributed by atoms with E-state index >= 15 is 0 Å². The lowest BCUT2D eigenvalue weighted by atomic mass is 10.2. The second-order valence-corrected chi connectivity index (χ2v) is 4.80. The van der Waals surface area contributed by atoms with Crippen LogP contribution in [0.5, 0.6) is 0 Å². The van der Waals surface area contributed by atoms with Crippen LogP contribution in [0.25, 0.3) is 0 Å². The zero-order valence-electron chi connectivity index (χ0n) is 8.19. The van der Waals surface area contributed by atoms with Crippen LogP contribution >= 0.6 is 11.6 Å². The number of carboxylic acid groups (broad SMARTS) is 1. The van der Waals surface area contributed by atoms with E-state index in [1.165, 1.54) is 25.2 Å². The summed E-state index contributed by atoms with van der Waals surface area (Å²) in [6, 6.07) is 4.12. The lowest BCUT2D eigenvalue weighted by Crippen LogP contribution is -2.27. The van der Waals surface area contributed by atoms with Crippen LogP contribution < -0.4 is 9.44 Å². The number of carboxylic acids is 1. The van der Waals surface area contributed by atoms with Gasteiger partial charge in [-0.2, -0.15) is 8.42 Å². The van der Waals surface area contributed by atoms with E-state index in [0.29, 0.717) is 0 Å². The van der Waals surface area contributed by atoms with Crippen molar-refractivity contribution in [1.82, 2.24) is 4.72 Å². The monoisotopic (exact) mass is 264 g/mol. The Labute approximate surface area is 97.4 Å². The Morgan fingerprint density at radius 1 is 1.44 bits per heavy atom. The van der Waals surface area contributed by atoms with E-state index < -0.39 is 16.2 Å². The summed E-state index contributed by atoms with van der Waals surface area (Å²) in [5.74, 6) is -1.31. The molecule has 1 aromatic rings.